The number of aliphatic imine (C=N–C) groups is 1. The first-order chi connectivity index (χ1) is 7.70. The first kappa shape index (κ1) is 10.5. The zero-order valence-electron chi connectivity index (χ0n) is 8.39. The third-order valence-electron chi connectivity index (χ3n) is 2.46. The smallest absolute Gasteiger partial charge is 0.235 e. The van der Waals surface area contributed by atoms with E-state index in [9.17, 15) is 14.0 Å². The molecule has 16 heavy (non-hydrogen) atoms. The zero-order valence-corrected chi connectivity index (χ0v) is 8.39. The second-order valence-electron chi connectivity index (χ2n) is 3.56. The highest BCUT2D eigenvalue weighted by molar-refractivity contribution is 5.96. The van der Waals surface area contributed by atoms with Crippen LogP contribution in [0.5, 0.6) is 0 Å². The summed E-state index contributed by atoms with van der Waals surface area (Å²) in [6.45, 7) is 0.303. The van der Waals surface area contributed by atoms with Crippen LogP contribution in [-0.2, 0) is 9.59 Å². The number of halogens is 1. The summed E-state index contributed by atoms with van der Waals surface area (Å²) in [4.78, 5) is 26.6. The van der Waals surface area contributed by atoms with Crippen LogP contribution < -0.4 is 4.90 Å². The van der Waals surface area contributed by atoms with E-state index in [1.165, 1.54) is 29.2 Å². The predicted molar refractivity (Wildman–Crippen MR) is 55.3 cm³/mol. The van der Waals surface area contributed by atoms with Crippen LogP contribution >= 0.6 is 0 Å². The van der Waals surface area contributed by atoms with Gasteiger partial charge in [-0.2, -0.15) is 0 Å². The highest BCUT2D eigenvalue weighted by Gasteiger charge is 2.30. The van der Waals surface area contributed by atoms with Gasteiger partial charge in [-0.05, 0) is 18.2 Å². The first-order valence-corrected chi connectivity index (χ1v) is 4.83. The van der Waals surface area contributed by atoms with E-state index >= 15 is 0 Å². The molecule has 0 aromatic heterocycles. The number of amides is 1. The molecule has 4 nitrogen and oxygen atoms in total. The number of rotatable bonds is 2. The molecule has 1 fully saturated rings. The molecule has 1 atom stereocenters. The van der Waals surface area contributed by atoms with Crippen LogP contribution in [-0.4, -0.2) is 24.6 Å². The number of anilines is 1. The maximum atomic E-state index is 13.0. The molecule has 0 saturated carbocycles. The highest BCUT2D eigenvalue weighted by atomic mass is 19.1. The maximum absolute atomic E-state index is 13.0. The van der Waals surface area contributed by atoms with Crippen molar-refractivity contribution in [2.75, 3.05) is 11.4 Å². The van der Waals surface area contributed by atoms with Crippen LogP contribution in [0.3, 0.4) is 0 Å². The average Bonchev–Trinajstić information content (AvgIpc) is 2.60. The van der Waals surface area contributed by atoms with Crippen molar-refractivity contribution in [3.05, 3.63) is 30.1 Å². The third kappa shape index (κ3) is 1.99. The Labute approximate surface area is 91.4 Å². The Bertz CT molecular complexity index is 469. The highest BCUT2D eigenvalue weighted by Crippen LogP contribution is 2.23. The van der Waals surface area contributed by atoms with E-state index in [0.717, 1.165) is 0 Å². The van der Waals surface area contributed by atoms with E-state index in [4.69, 9.17) is 0 Å². The Morgan fingerprint density at radius 1 is 1.50 bits per heavy atom. The van der Waals surface area contributed by atoms with Crippen molar-refractivity contribution in [1.29, 1.82) is 0 Å². The number of carbonyl (C=O) groups is 1. The van der Waals surface area contributed by atoms with Crippen molar-refractivity contribution in [3.8, 4) is 0 Å². The van der Waals surface area contributed by atoms with Gasteiger partial charge in [-0.1, -0.05) is 6.07 Å². The summed E-state index contributed by atoms with van der Waals surface area (Å²) in [5.74, 6) is -0.553. The van der Waals surface area contributed by atoms with Crippen LogP contribution in [0.2, 0.25) is 0 Å². The van der Waals surface area contributed by atoms with Gasteiger partial charge < -0.3 is 4.90 Å². The van der Waals surface area contributed by atoms with Crippen LogP contribution in [0.25, 0.3) is 0 Å². The average molecular weight is 220 g/mol. The van der Waals surface area contributed by atoms with Crippen molar-refractivity contribution in [1.82, 2.24) is 0 Å². The standard InChI is InChI=1S/C11H9FN2O2/c12-8-2-1-3-10(4-8)14-6-9(13-7-15)5-11(14)16/h1-4,9H,5-6H2/t9-/m1/s1. The van der Waals surface area contributed by atoms with Crippen LogP contribution in [0.15, 0.2) is 29.3 Å². The first-order valence-electron chi connectivity index (χ1n) is 4.83. The molecule has 1 aromatic rings. The van der Waals surface area contributed by atoms with Crippen molar-refractivity contribution in [3.63, 3.8) is 0 Å². The van der Waals surface area contributed by atoms with E-state index in [-0.39, 0.29) is 18.4 Å². The lowest BCUT2D eigenvalue weighted by molar-refractivity contribution is -0.117. The normalized spacial score (nSPS) is 19.7. The quantitative estimate of drug-likeness (QED) is 0.556. The Morgan fingerprint density at radius 2 is 2.31 bits per heavy atom. The van der Waals surface area contributed by atoms with Crippen LogP contribution in [0.4, 0.5) is 10.1 Å². The number of carbonyl (C=O) groups excluding carboxylic acids is 2. The van der Waals surface area contributed by atoms with Gasteiger partial charge >= 0.3 is 0 Å². The Morgan fingerprint density at radius 3 is 3.00 bits per heavy atom. The van der Waals surface area contributed by atoms with E-state index < -0.39 is 5.82 Å². The topological polar surface area (TPSA) is 49.7 Å². The summed E-state index contributed by atoms with van der Waals surface area (Å²) in [5.41, 5.74) is 0.494. The molecular weight excluding hydrogens is 211 g/mol. The number of benzene rings is 1. The Balaban J connectivity index is 2.23. The van der Waals surface area contributed by atoms with Gasteiger partial charge in [0.25, 0.3) is 0 Å². The molecule has 0 aliphatic carbocycles. The van der Waals surface area contributed by atoms with Gasteiger partial charge in [-0.25, -0.2) is 14.2 Å². The largest absolute Gasteiger partial charge is 0.310 e. The second kappa shape index (κ2) is 4.24. The predicted octanol–water partition coefficient (Wildman–Crippen LogP) is 1.27. The summed E-state index contributed by atoms with van der Waals surface area (Å²) in [7, 11) is 0. The Hall–Kier alpha value is -2.00. The molecule has 5 heteroatoms. The van der Waals surface area contributed by atoms with Gasteiger partial charge in [0, 0.05) is 12.2 Å². The van der Waals surface area contributed by atoms with Crippen LogP contribution in [0.1, 0.15) is 6.42 Å². The zero-order chi connectivity index (χ0) is 11.5. The fraction of sp³-hybridized carbons (Fsp3) is 0.273. The molecule has 0 N–H and O–H groups in total. The van der Waals surface area contributed by atoms with Crippen LogP contribution in [0, 0.1) is 5.82 Å². The third-order valence-corrected chi connectivity index (χ3v) is 2.46. The molecule has 1 heterocycles. The van der Waals surface area contributed by atoms with E-state index in [0.29, 0.717) is 12.2 Å². The number of hydrogen-bond donors (Lipinski definition) is 0. The molecule has 0 spiro atoms. The van der Waals surface area contributed by atoms with Crippen molar-refractivity contribution in [2.45, 2.75) is 12.5 Å². The van der Waals surface area contributed by atoms with Gasteiger partial charge in [0.1, 0.15) is 5.82 Å². The Kier molecular flexibility index (Phi) is 2.79. The van der Waals surface area contributed by atoms with Crippen molar-refractivity contribution >= 4 is 17.7 Å². The SMILES string of the molecule is O=C=N[C@@H]1CC(=O)N(c2cccc(F)c2)C1. The molecular formula is C11H9FN2O2. The summed E-state index contributed by atoms with van der Waals surface area (Å²) in [5, 5.41) is 0. The molecule has 0 radical (unpaired) electrons. The number of nitrogens with zero attached hydrogens (tertiary/aromatic N) is 2. The lowest BCUT2D eigenvalue weighted by atomic mass is 10.3. The van der Waals surface area contributed by atoms with Gasteiger partial charge in [0.15, 0.2) is 0 Å². The fourth-order valence-corrected chi connectivity index (χ4v) is 1.74. The maximum Gasteiger partial charge on any atom is 0.235 e. The molecule has 1 amide bonds. The van der Waals surface area contributed by atoms with E-state index in [2.05, 4.69) is 4.99 Å². The second-order valence-corrected chi connectivity index (χ2v) is 3.56. The molecule has 82 valence electrons. The molecule has 1 aliphatic rings. The van der Waals surface area contributed by atoms with Gasteiger partial charge in [0.05, 0.1) is 12.5 Å². The molecule has 1 saturated heterocycles. The van der Waals surface area contributed by atoms with Gasteiger partial charge in [-0.15, -0.1) is 0 Å². The molecule has 0 unspecified atom stereocenters. The molecule has 2 rings (SSSR count). The summed E-state index contributed by atoms with van der Waals surface area (Å²) < 4.78 is 13.0. The molecule has 0 bridgehead atoms. The summed E-state index contributed by atoms with van der Waals surface area (Å²) in [6, 6.07) is 5.41. The minimum absolute atomic E-state index is 0.158. The van der Waals surface area contributed by atoms with E-state index in [1.807, 2.05) is 0 Å². The van der Waals surface area contributed by atoms with Crippen molar-refractivity contribution in [2.24, 2.45) is 4.99 Å². The lowest BCUT2D eigenvalue weighted by Gasteiger charge is -2.15. The van der Waals surface area contributed by atoms with Gasteiger partial charge in [0.2, 0.25) is 12.0 Å². The molecule has 1 aliphatic heterocycles. The van der Waals surface area contributed by atoms with Gasteiger partial charge in [-0.3, -0.25) is 4.79 Å². The number of isocyanates is 1. The minimum atomic E-state index is -0.396. The van der Waals surface area contributed by atoms with E-state index in [1.54, 1.807) is 6.07 Å². The summed E-state index contributed by atoms with van der Waals surface area (Å²) >= 11 is 0. The number of hydrogen-bond acceptors (Lipinski definition) is 3. The lowest BCUT2D eigenvalue weighted by Crippen LogP contribution is -2.24. The monoisotopic (exact) mass is 220 g/mol. The summed E-state index contributed by atoms with van der Waals surface area (Å²) in [6.07, 6.45) is 1.61. The minimum Gasteiger partial charge on any atom is -0.310 e. The van der Waals surface area contributed by atoms with Crippen molar-refractivity contribution < 1.29 is 14.0 Å². The molecule has 1 aromatic carbocycles. The fourth-order valence-electron chi connectivity index (χ4n) is 1.74.